The first-order chi connectivity index (χ1) is 8.17. The smallest absolute Gasteiger partial charge is 0.0255 e. The molecule has 1 aromatic rings. The van der Waals surface area contributed by atoms with Gasteiger partial charge in [-0.05, 0) is 48.6 Å². The maximum absolute atomic E-state index is 2.64. The normalized spacial score (nSPS) is 33.7. The Kier molecular flexibility index (Phi) is 2.43. The van der Waals surface area contributed by atoms with E-state index >= 15 is 0 Å². The highest BCUT2D eigenvalue weighted by Crippen LogP contribution is 2.67. The van der Waals surface area contributed by atoms with Crippen LogP contribution in [0.2, 0.25) is 0 Å². The van der Waals surface area contributed by atoms with Crippen molar-refractivity contribution in [2.45, 2.75) is 65.8 Å². The Hall–Kier alpha value is -0.720. The number of nitrogens with zero attached hydrogens (tertiary/aromatic N) is 1. The number of hydrogen-bond acceptors (Lipinski definition) is 0. The van der Waals surface area contributed by atoms with E-state index in [0.29, 0.717) is 0 Å². The van der Waals surface area contributed by atoms with Crippen molar-refractivity contribution in [3.63, 3.8) is 0 Å². The first kappa shape index (κ1) is 11.4. The van der Waals surface area contributed by atoms with E-state index in [-0.39, 0.29) is 0 Å². The van der Waals surface area contributed by atoms with Gasteiger partial charge in [-0.3, -0.25) is 0 Å². The first-order valence-electron chi connectivity index (χ1n) is 7.41. The highest BCUT2D eigenvalue weighted by molar-refractivity contribution is 5.55. The standard InChI is InChI=1S/C16H25N/c1-6-11-12(7-2)17(8-3)16-14-10(5)9(4)13(14)15(11)16/h9-10,13-14H,6-8H2,1-5H3/t9-,10+,13-,14+/m1/s1. The molecule has 0 aliphatic heterocycles. The monoisotopic (exact) mass is 231 g/mol. The zero-order valence-corrected chi connectivity index (χ0v) is 11.9. The van der Waals surface area contributed by atoms with Crippen LogP contribution >= 0.6 is 0 Å². The van der Waals surface area contributed by atoms with Gasteiger partial charge in [0, 0.05) is 23.9 Å². The van der Waals surface area contributed by atoms with Gasteiger partial charge in [-0.15, -0.1) is 0 Å². The van der Waals surface area contributed by atoms with Gasteiger partial charge in [-0.2, -0.15) is 0 Å². The average molecular weight is 231 g/mol. The first-order valence-corrected chi connectivity index (χ1v) is 7.41. The summed E-state index contributed by atoms with van der Waals surface area (Å²) in [5.41, 5.74) is 6.82. The number of rotatable bonds is 3. The fraction of sp³-hybridized carbons (Fsp3) is 0.750. The third kappa shape index (κ3) is 1.11. The van der Waals surface area contributed by atoms with Gasteiger partial charge >= 0.3 is 0 Å². The molecule has 1 heteroatoms. The molecule has 0 aromatic carbocycles. The molecule has 0 saturated heterocycles. The molecule has 2 aliphatic rings. The molecule has 0 spiro atoms. The van der Waals surface area contributed by atoms with E-state index in [1.54, 1.807) is 22.5 Å². The summed E-state index contributed by atoms with van der Waals surface area (Å²) in [5.74, 6) is 3.62. The topological polar surface area (TPSA) is 4.93 Å². The Balaban J connectivity index is 2.15. The second kappa shape index (κ2) is 3.63. The quantitative estimate of drug-likeness (QED) is 0.738. The highest BCUT2D eigenvalue weighted by atomic mass is 15.0. The van der Waals surface area contributed by atoms with Crippen LogP contribution in [0.25, 0.3) is 0 Å². The minimum absolute atomic E-state index is 0.894. The molecule has 3 rings (SSSR count). The summed E-state index contributed by atoms with van der Waals surface area (Å²) < 4.78 is 2.64. The van der Waals surface area contributed by atoms with E-state index in [2.05, 4.69) is 39.2 Å². The summed E-state index contributed by atoms with van der Waals surface area (Å²) in [4.78, 5) is 0. The summed E-state index contributed by atoms with van der Waals surface area (Å²) in [6.07, 6.45) is 2.43. The largest absolute Gasteiger partial charge is 0.348 e. The van der Waals surface area contributed by atoms with Crippen molar-refractivity contribution in [3.8, 4) is 0 Å². The van der Waals surface area contributed by atoms with Crippen LogP contribution in [-0.2, 0) is 19.4 Å². The molecule has 1 heterocycles. The summed E-state index contributed by atoms with van der Waals surface area (Å²) >= 11 is 0. The minimum atomic E-state index is 0.894. The zero-order chi connectivity index (χ0) is 12.3. The lowest BCUT2D eigenvalue weighted by Crippen LogP contribution is -2.48. The second-order valence-corrected chi connectivity index (χ2v) is 5.95. The predicted molar refractivity (Wildman–Crippen MR) is 72.7 cm³/mol. The van der Waals surface area contributed by atoms with Crippen LogP contribution in [0.1, 0.15) is 69.0 Å². The molecule has 0 amide bonds. The number of hydrogen-bond donors (Lipinski definition) is 0. The van der Waals surface area contributed by atoms with E-state index in [9.17, 15) is 0 Å². The maximum Gasteiger partial charge on any atom is 0.0255 e. The number of fused-ring (bicyclic) bond motifs is 4. The summed E-state index contributed by atoms with van der Waals surface area (Å²) in [6.45, 7) is 13.0. The van der Waals surface area contributed by atoms with Gasteiger partial charge in [0.05, 0.1) is 0 Å². The minimum Gasteiger partial charge on any atom is -0.348 e. The fourth-order valence-corrected chi connectivity index (χ4v) is 4.58. The van der Waals surface area contributed by atoms with E-state index in [1.807, 2.05) is 0 Å². The van der Waals surface area contributed by atoms with Gasteiger partial charge in [0.2, 0.25) is 0 Å². The third-order valence-corrected chi connectivity index (χ3v) is 5.57. The third-order valence-electron chi connectivity index (χ3n) is 5.57. The van der Waals surface area contributed by atoms with E-state index < -0.39 is 0 Å². The van der Waals surface area contributed by atoms with Crippen molar-refractivity contribution in [1.82, 2.24) is 4.57 Å². The lowest BCUT2D eigenvalue weighted by Gasteiger charge is -2.57. The average Bonchev–Trinajstić information content (AvgIpc) is 2.58. The Morgan fingerprint density at radius 3 is 2.12 bits per heavy atom. The molecule has 2 aliphatic carbocycles. The Labute approximate surface area is 105 Å². The molecule has 0 unspecified atom stereocenters. The van der Waals surface area contributed by atoms with Crippen molar-refractivity contribution < 1.29 is 0 Å². The maximum atomic E-state index is 2.64. The molecule has 1 nitrogen and oxygen atoms in total. The van der Waals surface area contributed by atoms with Crippen molar-refractivity contribution >= 4 is 0 Å². The van der Waals surface area contributed by atoms with Crippen LogP contribution in [-0.4, -0.2) is 4.57 Å². The van der Waals surface area contributed by atoms with E-state index in [0.717, 1.165) is 30.2 Å². The number of aromatic nitrogens is 1. The van der Waals surface area contributed by atoms with E-state index in [1.165, 1.54) is 12.8 Å². The SMILES string of the molecule is CCc1c2c(n(CC)c1CC)[C@H]1[C@@H](C)[C@@H](C)[C@@H]21. The highest BCUT2D eigenvalue weighted by Gasteiger charge is 2.57. The summed E-state index contributed by atoms with van der Waals surface area (Å²) in [7, 11) is 0. The van der Waals surface area contributed by atoms with Crippen LogP contribution in [0.3, 0.4) is 0 Å². The molecule has 0 bridgehead atoms. The van der Waals surface area contributed by atoms with Gasteiger partial charge in [-0.25, -0.2) is 0 Å². The Bertz CT molecular complexity index is 415. The molecule has 1 fully saturated rings. The van der Waals surface area contributed by atoms with Crippen LogP contribution in [0.4, 0.5) is 0 Å². The van der Waals surface area contributed by atoms with Crippen LogP contribution < -0.4 is 0 Å². The molecular weight excluding hydrogens is 206 g/mol. The molecule has 1 aromatic heterocycles. The second-order valence-electron chi connectivity index (χ2n) is 5.95. The fourth-order valence-electron chi connectivity index (χ4n) is 4.58. The van der Waals surface area contributed by atoms with Crippen molar-refractivity contribution in [3.05, 3.63) is 22.5 Å². The molecule has 94 valence electrons. The van der Waals surface area contributed by atoms with Gasteiger partial charge in [0.15, 0.2) is 0 Å². The van der Waals surface area contributed by atoms with Crippen molar-refractivity contribution in [1.29, 1.82) is 0 Å². The lowest BCUT2D eigenvalue weighted by molar-refractivity contribution is 0.0816. The van der Waals surface area contributed by atoms with Crippen molar-refractivity contribution in [2.75, 3.05) is 0 Å². The summed E-state index contributed by atoms with van der Waals surface area (Å²) in [5, 5.41) is 0. The van der Waals surface area contributed by atoms with Gasteiger partial charge in [0.25, 0.3) is 0 Å². The van der Waals surface area contributed by atoms with Crippen LogP contribution in [0, 0.1) is 11.8 Å². The zero-order valence-electron chi connectivity index (χ0n) is 11.9. The van der Waals surface area contributed by atoms with Crippen LogP contribution in [0.15, 0.2) is 0 Å². The molecule has 4 atom stereocenters. The predicted octanol–water partition coefficient (Wildman–Crippen LogP) is 4.10. The van der Waals surface area contributed by atoms with Gasteiger partial charge < -0.3 is 4.57 Å². The van der Waals surface area contributed by atoms with Gasteiger partial charge in [-0.1, -0.05) is 27.7 Å². The molecule has 0 N–H and O–H groups in total. The molecular formula is C16H25N. The van der Waals surface area contributed by atoms with E-state index in [4.69, 9.17) is 0 Å². The molecule has 17 heavy (non-hydrogen) atoms. The summed E-state index contributed by atoms with van der Waals surface area (Å²) in [6, 6.07) is 0. The van der Waals surface area contributed by atoms with Gasteiger partial charge in [0.1, 0.15) is 0 Å². The van der Waals surface area contributed by atoms with Crippen LogP contribution in [0.5, 0.6) is 0 Å². The Morgan fingerprint density at radius 1 is 0.941 bits per heavy atom. The molecule has 0 radical (unpaired) electrons. The Morgan fingerprint density at radius 2 is 1.59 bits per heavy atom. The van der Waals surface area contributed by atoms with Crippen molar-refractivity contribution in [2.24, 2.45) is 11.8 Å². The molecule has 1 saturated carbocycles. The lowest BCUT2D eigenvalue weighted by atomic mass is 9.47.